The van der Waals surface area contributed by atoms with Gasteiger partial charge in [-0.15, -0.1) is 0 Å². The first-order valence-corrected chi connectivity index (χ1v) is 4.44. The number of halogens is 3. The van der Waals surface area contributed by atoms with E-state index in [4.69, 9.17) is 5.11 Å². The van der Waals surface area contributed by atoms with Crippen LogP contribution in [0.5, 0.6) is 5.75 Å². The Morgan fingerprint density at radius 3 is 2.25 bits per heavy atom. The van der Waals surface area contributed by atoms with E-state index < -0.39 is 12.6 Å². The van der Waals surface area contributed by atoms with Crippen LogP contribution in [0.25, 0.3) is 5.57 Å². The number of carbonyl (C=O) groups excluding carboxylic acids is 1. The highest BCUT2D eigenvalue weighted by atomic mass is 19.4. The predicted molar refractivity (Wildman–Crippen MR) is 52.8 cm³/mol. The topological polar surface area (TPSA) is 37.3 Å². The molecular weight excluding hydrogens is 221 g/mol. The molecule has 0 aliphatic heterocycles. The average molecular weight is 230 g/mol. The monoisotopic (exact) mass is 230 g/mol. The lowest BCUT2D eigenvalue weighted by Crippen LogP contribution is -2.05. The van der Waals surface area contributed by atoms with Crippen molar-refractivity contribution in [1.29, 1.82) is 0 Å². The lowest BCUT2D eigenvalue weighted by Gasteiger charge is -2.04. The highest BCUT2D eigenvalue weighted by Gasteiger charge is 2.25. The zero-order valence-electron chi connectivity index (χ0n) is 8.16. The molecule has 0 aliphatic rings. The summed E-state index contributed by atoms with van der Waals surface area (Å²) in [5, 5.41) is 8.98. The van der Waals surface area contributed by atoms with E-state index in [-0.39, 0.29) is 11.3 Å². The summed E-state index contributed by atoms with van der Waals surface area (Å²) in [6, 6.07) is 5.37. The molecule has 16 heavy (non-hydrogen) atoms. The Morgan fingerprint density at radius 2 is 1.81 bits per heavy atom. The molecule has 86 valence electrons. The van der Waals surface area contributed by atoms with Crippen molar-refractivity contribution in [3.63, 3.8) is 0 Å². The fourth-order valence-electron chi connectivity index (χ4n) is 1.11. The Labute approximate surface area is 90.0 Å². The average Bonchev–Trinajstić information content (AvgIpc) is 2.20. The summed E-state index contributed by atoms with van der Waals surface area (Å²) < 4.78 is 35.8. The van der Waals surface area contributed by atoms with Crippen molar-refractivity contribution in [2.45, 2.75) is 12.6 Å². The lowest BCUT2D eigenvalue weighted by molar-refractivity contribution is -0.124. The third-order valence-electron chi connectivity index (χ3n) is 1.88. The summed E-state index contributed by atoms with van der Waals surface area (Å²) in [5.74, 6) is -0.00943. The van der Waals surface area contributed by atoms with Crippen LogP contribution in [0.1, 0.15) is 12.0 Å². The molecular formula is C11H9F3O2. The molecule has 1 N–H and O–H groups in total. The van der Waals surface area contributed by atoms with Crippen molar-refractivity contribution in [1.82, 2.24) is 0 Å². The first-order valence-electron chi connectivity index (χ1n) is 4.44. The highest BCUT2D eigenvalue weighted by molar-refractivity contribution is 6.06. The second-order valence-electron chi connectivity index (χ2n) is 3.14. The van der Waals surface area contributed by atoms with Crippen LogP contribution in [0.4, 0.5) is 13.2 Å². The molecule has 0 atom stereocenters. The Bertz CT molecular complexity index is 391. The van der Waals surface area contributed by atoms with Gasteiger partial charge in [0.05, 0.1) is 6.42 Å². The number of benzene rings is 1. The van der Waals surface area contributed by atoms with Crippen LogP contribution in [-0.4, -0.2) is 17.6 Å². The Balaban J connectivity index is 2.90. The van der Waals surface area contributed by atoms with Crippen molar-refractivity contribution in [3.8, 4) is 5.75 Å². The van der Waals surface area contributed by atoms with Gasteiger partial charge in [0.15, 0.2) is 0 Å². The molecule has 0 heterocycles. The van der Waals surface area contributed by atoms with Crippen LogP contribution in [0.15, 0.2) is 30.3 Å². The number of aldehydes is 1. The zero-order valence-corrected chi connectivity index (χ0v) is 8.16. The normalized spacial score (nSPS) is 12.6. The number of aromatic hydroxyl groups is 1. The predicted octanol–water partition coefficient (Wildman–Crippen LogP) is 2.93. The maximum absolute atomic E-state index is 11.9. The van der Waals surface area contributed by atoms with Crippen molar-refractivity contribution in [2.75, 3.05) is 0 Å². The lowest BCUT2D eigenvalue weighted by atomic mass is 10.1. The van der Waals surface area contributed by atoms with Gasteiger partial charge in [0, 0.05) is 5.57 Å². The summed E-state index contributed by atoms with van der Waals surface area (Å²) in [6.07, 6.45) is -4.30. The Hall–Kier alpha value is -1.78. The molecule has 2 nitrogen and oxygen atoms in total. The number of hydrogen-bond acceptors (Lipinski definition) is 2. The molecule has 0 spiro atoms. The minimum atomic E-state index is -4.33. The first-order chi connectivity index (χ1) is 7.42. The molecule has 1 aromatic rings. The standard InChI is InChI=1S/C11H9F3O2/c12-11(13,14)6-5-9(7-15)8-1-3-10(16)4-2-8/h1-5,7,16H,6H2. The molecule has 0 fully saturated rings. The van der Waals surface area contributed by atoms with Crippen molar-refractivity contribution < 1.29 is 23.1 Å². The SMILES string of the molecule is O=CC(=CCC(F)(F)F)c1ccc(O)cc1. The van der Waals surface area contributed by atoms with Gasteiger partial charge in [-0.05, 0) is 17.7 Å². The molecule has 0 bridgehead atoms. The molecule has 1 rings (SSSR count). The maximum atomic E-state index is 11.9. The van der Waals surface area contributed by atoms with E-state index in [9.17, 15) is 18.0 Å². The third kappa shape index (κ3) is 3.76. The minimum Gasteiger partial charge on any atom is -0.508 e. The van der Waals surface area contributed by atoms with E-state index in [0.29, 0.717) is 11.8 Å². The van der Waals surface area contributed by atoms with E-state index >= 15 is 0 Å². The van der Waals surface area contributed by atoms with Gasteiger partial charge in [0.25, 0.3) is 0 Å². The smallest absolute Gasteiger partial charge is 0.392 e. The zero-order chi connectivity index (χ0) is 12.2. The number of phenols is 1. The van der Waals surface area contributed by atoms with E-state index in [1.54, 1.807) is 0 Å². The number of carbonyl (C=O) groups is 1. The molecule has 0 amide bonds. The van der Waals surface area contributed by atoms with Gasteiger partial charge < -0.3 is 5.11 Å². The van der Waals surface area contributed by atoms with Crippen molar-refractivity contribution >= 4 is 11.9 Å². The van der Waals surface area contributed by atoms with Gasteiger partial charge in [-0.1, -0.05) is 18.2 Å². The summed E-state index contributed by atoms with van der Waals surface area (Å²) in [6.45, 7) is 0. The van der Waals surface area contributed by atoms with Crippen LogP contribution in [0.3, 0.4) is 0 Å². The van der Waals surface area contributed by atoms with Gasteiger partial charge in [-0.3, -0.25) is 4.79 Å². The van der Waals surface area contributed by atoms with Gasteiger partial charge in [-0.25, -0.2) is 0 Å². The van der Waals surface area contributed by atoms with Gasteiger partial charge in [0.1, 0.15) is 12.0 Å². The summed E-state index contributed by atoms with van der Waals surface area (Å²) in [7, 11) is 0. The van der Waals surface area contributed by atoms with E-state index in [1.807, 2.05) is 0 Å². The Kier molecular flexibility index (Phi) is 3.71. The first kappa shape index (κ1) is 12.3. The second-order valence-corrected chi connectivity index (χ2v) is 3.14. The van der Waals surface area contributed by atoms with Crippen molar-refractivity contribution in [2.24, 2.45) is 0 Å². The second kappa shape index (κ2) is 4.83. The minimum absolute atomic E-state index is 0.00943. The fourth-order valence-corrected chi connectivity index (χ4v) is 1.11. The van der Waals surface area contributed by atoms with Gasteiger partial charge in [-0.2, -0.15) is 13.2 Å². The molecule has 1 aromatic carbocycles. The molecule has 0 saturated carbocycles. The molecule has 0 aromatic heterocycles. The number of allylic oxidation sites excluding steroid dienone is 2. The molecule has 0 unspecified atom stereocenters. The molecule has 5 heteroatoms. The van der Waals surface area contributed by atoms with Crippen LogP contribution in [0, 0.1) is 0 Å². The van der Waals surface area contributed by atoms with E-state index in [0.717, 1.165) is 6.08 Å². The maximum Gasteiger partial charge on any atom is 0.392 e. The quantitative estimate of drug-likeness (QED) is 0.640. The van der Waals surface area contributed by atoms with Crippen molar-refractivity contribution in [3.05, 3.63) is 35.9 Å². The number of hydrogen-bond donors (Lipinski definition) is 1. The number of alkyl halides is 3. The van der Waals surface area contributed by atoms with E-state index in [2.05, 4.69) is 0 Å². The Morgan fingerprint density at radius 1 is 1.25 bits per heavy atom. The molecule has 0 aliphatic carbocycles. The van der Waals surface area contributed by atoms with Gasteiger partial charge in [0.2, 0.25) is 0 Å². The van der Waals surface area contributed by atoms with Crippen LogP contribution < -0.4 is 0 Å². The summed E-state index contributed by atoms with van der Waals surface area (Å²) in [4.78, 5) is 10.6. The van der Waals surface area contributed by atoms with Gasteiger partial charge >= 0.3 is 6.18 Å². The molecule has 0 radical (unpaired) electrons. The summed E-state index contributed by atoms with van der Waals surface area (Å²) in [5.41, 5.74) is 0.300. The van der Waals surface area contributed by atoms with E-state index in [1.165, 1.54) is 24.3 Å². The fraction of sp³-hybridized carbons (Fsp3) is 0.182. The van der Waals surface area contributed by atoms with Crippen LogP contribution in [0.2, 0.25) is 0 Å². The highest BCUT2D eigenvalue weighted by Crippen LogP contribution is 2.23. The number of rotatable bonds is 3. The van der Waals surface area contributed by atoms with Crippen LogP contribution in [-0.2, 0) is 4.79 Å². The number of phenolic OH excluding ortho intramolecular Hbond substituents is 1. The largest absolute Gasteiger partial charge is 0.508 e. The third-order valence-corrected chi connectivity index (χ3v) is 1.88. The van der Waals surface area contributed by atoms with Crippen LogP contribution >= 0.6 is 0 Å². The molecule has 0 saturated heterocycles. The summed E-state index contributed by atoms with van der Waals surface area (Å²) >= 11 is 0.